The maximum atomic E-state index is 12.6. The molecule has 0 spiro atoms. The Kier molecular flexibility index (Phi) is 6.24. The van der Waals surface area contributed by atoms with Crippen molar-refractivity contribution in [1.29, 1.82) is 0 Å². The molecule has 2 saturated heterocycles. The van der Waals surface area contributed by atoms with Gasteiger partial charge in [0.1, 0.15) is 11.9 Å². The van der Waals surface area contributed by atoms with E-state index in [-0.39, 0.29) is 12.0 Å². The molecule has 154 valence electrons. The highest BCUT2D eigenvalue weighted by atomic mass is 16.5. The first-order chi connectivity index (χ1) is 14.2. The van der Waals surface area contributed by atoms with E-state index in [1.54, 1.807) is 12.4 Å². The number of amides is 1. The lowest BCUT2D eigenvalue weighted by atomic mass is 10.1. The topological polar surface area (TPSA) is 84.6 Å². The summed E-state index contributed by atoms with van der Waals surface area (Å²) in [5.41, 5.74) is 7.37. The van der Waals surface area contributed by atoms with E-state index >= 15 is 0 Å². The molecule has 29 heavy (non-hydrogen) atoms. The monoisotopic (exact) mass is 395 g/mol. The van der Waals surface area contributed by atoms with Crippen LogP contribution in [0.4, 0.5) is 5.95 Å². The van der Waals surface area contributed by atoms with Gasteiger partial charge in [-0.3, -0.25) is 9.69 Å². The van der Waals surface area contributed by atoms with Crippen molar-refractivity contribution in [3.63, 3.8) is 0 Å². The third kappa shape index (κ3) is 5.23. The van der Waals surface area contributed by atoms with Crippen LogP contribution in [0.5, 0.6) is 5.75 Å². The fraction of sp³-hybridized carbons (Fsp3) is 0.500. The zero-order chi connectivity index (χ0) is 20.1. The number of anilines is 1. The molecule has 0 atom stereocenters. The van der Waals surface area contributed by atoms with Crippen LogP contribution < -0.4 is 10.5 Å². The Morgan fingerprint density at radius 3 is 2.31 bits per heavy atom. The van der Waals surface area contributed by atoms with E-state index in [9.17, 15) is 4.79 Å². The Balaban J connectivity index is 1.25. The number of ether oxygens (including phenoxy) is 1. The molecule has 4 rings (SSSR count). The van der Waals surface area contributed by atoms with E-state index in [4.69, 9.17) is 10.5 Å². The minimum Gasteiger partial charge on any atom is -0.490 e. The molecule has 2 N–H and O–H groups in total. The average Bonchev–Trinajstić information content (AvgIpc) is 2.77. The van der Waals surface area contributed by atoms with Crippen molar-refractivity contribution >= 4 is 11.9 Å². The molecule has 2 fully saturated rings. The van der Waals surface area contributed by atoms with Gasteiger partial charge in [-0.1, -0.05) is 0 Å². The third-order valence-corrected chi connectivity index (χ3v) is 5.71. The molecular formula is C22H29N5O2. The second-order valence-corrected chi connectivity index (χ2v) is 7.92. The van der Waals surface area contributed by atoms with Gasteiger partial charge in [-0.05, 0) is 56.4 Å². The molecule has 0 aliphatic carbocycles. The number of piperidine rings is 2. The summed E-state index contributed by atoms with van der Waals surface area (Å²) in [4.78, 5) is 25.0. The van der Waals surface area contributed by atoms with Crippen LogP contribution in [0.2, 0.25) is 0 Å². The minimum absolute atomic E-state index is 0.135. The molecule has 0 radical (unpaired) electrons. The van der Waals surface area contributed by atoms with Gasteiger partial charge in [0, 0.05) is 56.2 Å². The van der Waals surface area contributed by atoms with Crippen molar-refractivity contribution in [1.82, 2.24) is 19.8 Å². The lowest BCUT2D eigenvalue weighted by molar-refractivity contribution is 0.0724. The zero-order valence-corrected chi connectivity index (χ0v) is 16.8. The fourth-order valence-electron chi connectivity index (χ4n) is 4.04. The average molecular weight is 396 g/mol. The predicted molar refractivity (Wildman–Crippen MR) is 112 cm³/mol. The summed E-state index contributed by atoms with van der Waals surface area (Å²) in [6.45, 7) is 4.53. The van der Waals surface area contributed by atoms with Gasteiger partial charge >= 0.3 is 0 Å². The first-order valence-electron chi connectivity index (χ1n) is 10.5. The molecule has 2 aromatic rings. The van der Waals surface area contributed by atoms with Crippen LogP contribution in [0.25, 0.3) is 0 Å². The van der Waals surface area contributed by atoms with E-state index in [1.807, 2.05) is 29.2 Å². The summed E-state index contributed by atoms with van der Waals surface area (Å²) in [5, 5.41) is 0. The third-order valence-electron chi connectivity index (χ3n) is 5.71. The maximum Gasteiger partial charge on any atom is 0.253 e. The van der Waals surface area contributed by atoms with E-state index in [2.05, 4.69) is 14.9 Å². The molecule has 1 aromatic carbocycles. The SMILES string of the molecule is Nc1ncc(CN2CCC(Oc3ccc(C(=O)N4CCCCC4)cc3)CC2)cn1. The van der Waals surface area contributed by atoms with Gasteiger partial charge in [0.2, 0.25) is 5.95 Å². The van der Waals surface area contributed by atoms with Crippen LogP contribution in [-0.4, -0.2) is 58.0 Å². The van der Waals surface area contributed by atoms with Crippen LogP contribution in [0.1, 0.15) is 48.0 Å². The number of nitrogen functional groups attached to an aromatic ring is 1. The van der Waals surface area contributed by atoms with Crippen LogP contribution in [0.15, 0.2) is 36.7 Å². The molecule has 1 aromatic heterocycles. The van der Waals surface area contributed by atoms with Crippen LogP contribution in [-0.2, 0) is 6.54 Å². The first-order valence-corrected chi connectivity index (χ1v) is 10.5. The number of nitrogens with zero attached hydrogens (tertiary/aromatic N) is 4. The van der Waals surface area contributed by atoms with Crippen LogP contribution in [0.3, 0.4) is 0 Å². The first kappa shape index (κ1) is 19.6. The molecule has 7 nitrogen and oxygen atoms in total. The molecular weight excluding hydrogens is 366 g/mol. The highest BCUT2D eigenvalue weighted by Gasteiger charge is 2.22. The quantitative estimate of drug-likeness (QED) is 0.838. The standard InChI is InChI=1S/C22H29N5O2/c23-22-24-14-17(15-25-22)16-26-12-8-20(9-13-26)29-19-6-4-18(5-7-19)21(28)27-10-2-1-3-11-27/h4-7,14-15,20H,1-3,8-13,16H2,(H2,23,24,25). The molecule has 0 bridgehead atoms. The van der Waals surface area contributed by atoms with E-state index in [1.165, 1.54) is 6.42 Å². The lowest BCUT2D eigenvalue weighted by Gasteiger charge is -2.32. The highest BCUT2D eigenvalue weighted by Crippen LogP contribution is 2.22. The summed E-state index contributed by atoms with van der Waals surface area (Å²) < 4.78 is 6.16. The Morgan fingerprint density at radius 1 is 1.00 bits per heavy atom. The second kappa shape index (κ2) is 9.22. The number of carbonyl (C=O) groups is 1. The predicted octanol–water partition coefficient (Wildman–Crippen LogP) is 2.73. The summed E-state index contributed by atoms with van der Waals surface area (Å²) >= 11 is 0. The number of likely N-dealkylation sites (tertiary alicyclic amines) is 2. The van der Waals surface area contributed by atoms with Gasteiger partial charge in [-0.25, -0.2) is 9.97 Å². The van der Waals surface area contributed by atoms with Crippen molar-refractivity contribution in [2.45, 2.75) is 44.8 Å². The van der Waals surface area contributed by atoms with Gasteiger partial charge in [0.05, 0.1) is 0 Å². The van der Waals surface area contributed by atoms with Crippen molar-refractivity contribution in [3.05, 3.63) is 47.8 Å². The Morgan fingerprint density at radius 2 is 1.66 bits per heavy atom. The molecule has 7 heteroatoms. The van der Waals surface area contributed by atoms with E-state index < -0.39 is 0 Å². The Hall–Kier alpha value is -2.67. The van der Waals surface area contributed by atoms with Crippen molar-refractivity contribution in [2.75, 3.05) is 31.9 Å². The minimum atomic E-state index is 0.135. The number of nitrogens with two attached hydrogens (primary N) is 1. The van der Waals surface area contributed by atoms with Crippen molar-refractivity contribution < 1.29 is 9.53 Å². The number of hydrogen-bond acceptors (Lipinski definition) is 6. The molecule has 2 aliphatic heterocycles. The number of carbonyl (C=O) groups excluding carboxylic acids is 1. The largest absolute Gasteiger partial charge is 0.490 e. The van der Waals surface area contributed by atoms with Gasteiger partial charge in [0.15, 0.2) is 0 Å². The second-order valence-electron chi connectivity index (χ2n) is 7.92. The van der Waals surface area contributed by atoms with Gasteiger partial charge in [-0.15, -0.1) is 0 Å². The Bertz CT molecular complexity index is 795. The zero-order valence-electron chi connectivity index (χ0n) is 16.8. The Labute approximate surface area is 171 Å². The van der Waals surface area contributed by atoms with Crippen molar-refractivity contribution in [2.24, 2.45) is 0 Å². The number of benzene rings is 1. The summed E-state index contributed by atoms with van der Waals surface area (Å²) in [7, 11) is 0. The number of hydrogen-bond donors (Lipinski definition) is 1. The fourth-order valence-corrected chi connectivity index (χ4v) is 4.04. The van der Waals surface area contributed by atoms with Gasteiger partial charge in [0.25, 0.3) is 5.91 Å². The molecule has 1 amide bonds. The molecule has 3 heterocycles. The normalized spacial score (nSPS) is 18.6. The van der Waals surface area contributed by atoms with Crippen LogP contribution in [0, 0.1) is 0 Å². The van der Waals surface area contributed by atoms with Crippen LogP contribution >= 0.6 is 0 Å². The smallest absolute Gasteiger partial charge is 0.253 e. The van der Waals surface area contributed by atoms with Gasteiger partial charge in [-0.2, -0.15) is 0 Å². The number of rotatable bonds is 5. The summed E-state index contributed by atoms with van der Waals surface area (Å²) in [5.74, 6) is 1.28. The maximum absolute atomic E-state index is 12.6. The molecule has 0 saturated carbocycles. The van der Waals surface area contributed by atoms with E-state index in [0.29, 0.717) is 5.95 Å². The lowest BCUT2D eigenvalue weighted by Crippen LogP contribution is -2.37. The van der Waals surface area contributed by atoms with E-state index in [0.717, 1.165) is 75.3 Å². The summed E-state index contributed by atoms with van der Waals surface area (Å²) in [6.07, 6.45) is 9.18. The number of aromatic nitrogens is 2. The molecule has 0 unspecified atom stereocenters. The summed E-state index contributed by atoms with van der Waals surface area (Å²) in [6, 6.07) is 7.63. The highest BCUT2D eigenvalue weighted by molar-refractivity contribution is 5.94. The van der Waals surface area contributed by atoms with Crippen molar-refractivity contribution in [3.8, 4) is 5.75 Å². The van der Waals surface area contributed by atoms with Gasteiger partial charge < -0.3 is 15.4 Å². The molecule has 2 aliphatic rings.